The molecule has 0 unspecified atom stereocenters. The molecule has 1 rings (SSSR count). The van der Waals surface area contributed by atoms with Gasteiger partial charge in [0, 0.05) is 25.0 Å². The van der Waals surface area contributed by atoms with Crippen LogP contribution in [-0.2, 0) is 0 Å². The fourth-order valence-electron chi connectivity index (χ4n) is 1.16. The lowest BCUT2D eigenvalue weighted by Gasteiger charge is -2.16. The molecule has 0 amide bonds. The van der Waals surface area contributed by atoms with E-state index < -0.39 is 6.17 Å². The number of nitrogens with one attached hydrogen (secondary N) is 2. The van der Waals surface area contributed by atoms with Crippen LogP contribution in [0.25, 0.3) is 0 Å². The second-order valence-electron chi connectivity index (χ2n) is 3.73. The first kappa shape index (κ1) is 9.93. The Morgan fingerprint density at radius 1 is 1.42 bits per heavy atom. The average molecular weight is 174 g/mol. The van der Waals surface area contributed by atoms with Crippen molar-refractivity contribution in [1.29, 1.82) is 0 Å². The molecule has 0 heterocycles. The van der Waals surface area contributed by atoms with E-state index >= 15 is 0 Å². The summed E-state index contributed by atoms with van der Waals surface area (Å²) >= 11 is 0. The van der Waals surface area contributed by atoms with Gasteiger partial charge in [0.25, 0.3) is 0 Å². The Bertz CT molecular complexity index is 126. The molecular formula is C9H19FN2. The molecule has 1 aliphatic carbocycles. The highest BCUT2D eigenvalue weighted by atomic mass is 19.1. The second-order valence-corrected chi connectivity index (χ2v) is 3.73. The van der Waals surface area contributed by atoms with Crippen LogP contribution < -0.4 is 10.6 Å². The fraction of sp³-hybridized carbons (Fsp3) is 1.00. The lowest BCUT2D eigenvalue weighted by Crippen LogP contribution is -2.33. The van der Waals surface area contributed by atoms with Crippen LogP contribution in [0.2, 0.25) is 0 Å². The molecule has 0 aromatic heterocycles. The fourth-order valence-corrected chi connectivity index (χ4v) is 1.16. The predicted octanol–water partition coefficient (Wildman–Crippen LogP) is 0.932. The van der Waals surface area contributed by atoms with Gasteiger partial charge in [-0.25, -0.2) is 4.39 Å². The molecule has 0 spiro atoms. The van der Waals surface area contributed by atoms with E-state index in [1.54, 1.807) is 7.05 Å². The largest absolute Gasteiger partial charge is 0.317 e. The topological polar surface area (TPSA) is 24.1 Å². The summed E-state index contributed by atoms with van der Waals surface area (Å²) in [6.07, 6.45) is 1.83. The molecule has 1 saturated carbocycles. The van der Waals surface area contributed by atoms with Crippen LogP contribution in [0.1, 0.15) is 19.8 Å². The molecular weight excluding hydrogens is 155 g/mol. The van der Waals surface area contributed by atoms with Crippen LogP contribution in [0, 0.1) is 5.92 Å². The summed E-state index contributed by atoms with van der Waals surface area (Å²) in [5.41, 5.74) is 0. The highest BCUT2D eigenvalue weighted by Crippen LogP contribution is 2.19. The van der Waals surface area contributed by atoms with Crippen LogP contribution in [0.4, 0.5) is 4.39 Å². The molecule has 12 heavy (non-hydrogen) atoms. The summed E-state index contributed by atoms with van der Waals surface area (Å²) in [5, 5.41) is 6.18. The van der Waals surface area contributed by atoms with E-state index in [-0.39, 0.29) is 5.92 Å². The molecule has 1 aliphatic rings. The molecule has 2 N–H and O–H groups in total. The van der Waals surface area contributed by atoms with Gasteiger partial charge < -0.3 is 10.6 Å². The molecule has 1 fully saturated rings. The Morgan fingerprint density at radius 3 is 2.58 bits per heavy atom. The van der Waals surface area contributed by atoms with Crippen LogP contribution in [-0.4, -0.2) is 32.4 Å². The number of hydrogen-bond donors (Lipinski definition) is 2. The molecule has 0 radical (unpaired) electrons. The molecule has 0 bridgehead atoms. The number of halogens is 1. The molecule has 72 valence electrons. The molecule has 0 aromatic carbocycles. The van der Waals surface area contributed by atoms with Crippen molar-refractivity contribution in [1.82, 2.24) is 10.6 Å². The van der Waals surface area contributed by atoms with E-state index in [1.165, 1.54) is 12.8 Å². The van der Waals surface area contributed by atoms with Gasteiger partial charge in [-0.1, -0.05) is 6.92 Å². The summed E-state index contributed by atoms with van der Waals surface area (Å²) in [6.45, 7) is 3.23. The molecule has 2 nitrogen and oxygen atoms in total. The Balaban J connectivity index is 2.03. The lowest BCUT2D eigenvalue weighted by atomic mass is 10.1. The third kappa shape index (κ3) is 3.50. The van der Waals surface area contributed by atoms with Gasteiger partial charge in [-0.05, 0) is 19.9 Å². The molecule has 2 atom stereocenters. The normalized spacial score (nSPS) is 22.2. The first-order chi connectivity index (χ1) is 5.74. The van der Waals surface area contributed by atoms with Gasteiger partial charge in [0.1, 0.15) is 6.17 Å². The van der Waals surface area contributed by atoms with Crippen LogP contribution in [0.5, 0.6) is 0 Å². The van der Waals surface area contributed by atoms with Crippen molar-refractivity contribution in [2.75, 3.05) is 20.1 Å². The standard InChI is InChI=1S/C9H19FN2/c1-7(9(10)6-11-2)5-12-8-3-4-8/h7-9,11-12H,3-6H2,1-2H3/t7-,9-/m1/s1. The monoisotopic (exact) mass is 174 g/mol. The summed E-state index contributed by atoms with van der Waals surface area (Å²) in [7, 11) is 1.79. The maximum Gasteiger partial charge on any atom is 0.116 e. The van der Waals surface area contributed by atoms with E-state index in [1.807, 2.05) is 6.92 Å². The minimum absolute atomic E-state index is 0.123. The summed E-state index contributed by atoms with van der Waals surface area (Å²) < 4.78 is 13.2. The van der Waals surface area contributed by atoms with Crippen LogP contribution in [0.15, 0.2) is 0 Å². The smallest absolute Gasteiger partial charge is 0.116 e. The Hall–Kier alpha value is -0.150. The van der Waals surface area contributed by atoms with Gasteiger partial charge in [0.15, 0.2) is 0 Å². The first-order valence-corrected chi connectivity index (χ1v) is 4.76. The van der Waals surface area contributed by atoms with E-state index in [9.17, 15) is 4.39 Å². The van der Waals surface area contributed by atoms with Gasteiger partial charge in [0.05, 0.1) is 0 Å². The van der Waals surface area contributed by atoms with Crippen LogP contribution in [0.3, 0.4) is 0 Å². The molecule has 0 aliphatic heterocycles. The Kier molecular flexibility index (Phi) is 3.95. The first-order valence-electron chi connectivity index (χ1n) is 4.76. The molecule has 3 heteroatoms. The van der Waals surface area contributed by atoms with E-state index in [2.05, 4.69) is 10.6 Å². The highest BCUT2D eigenvalue weighted by Gasteiger charge is 2.23. The van der Waals surface area contributed by atoms with Crippen molar-refractivity contribution in [3.63, 3.8) is 0 Å². The summed E-state index contributed by atoms with van der Waals surface area (Å²) in [5.74, 6) is 0.123. The number of rotatable bonds is 6. The maximum absolute atomic E-state index is 13.2. The van der Waals surface area contributed by atoms with Gasteiger partial charge in [-0.3, -0.25) is 0 Å². The summed E-state index contributed by atoms with van der Waals surface area (Å²) in [6, 6.07) is 0.689. The van der Waals surface area contributed by atoms with Crippen LogP contribution >= 0.6 is 0 Å². The van der Waals surface area contributed by atoms with Gasteiger partial charge >= 0.3 is 0 Å². The zero-order valence-electron chi connectivity index (χ0n) is 7.94. The Labute approximate surface area is 73.9 Å². The number of hydrogen-bond acceptors (Lipinski definition) is 2. The average Bonchev–Trinajstić information content (AvgIpc) is 2.83. The lowest BCUT2D eigenvalue weighted by molar-refractivity contribution is 0.232. The quantitative estimate of drug-likeness (QED) is 0.626. The second kappa shape index (κ2) is 4.77. The van der Waals surface area contributed by atoms with Crippen molar-refractivity contribution in [2.24, 2.45) is 5.92 Å². The van der Waals surface area contributed by atoms with Gasteiger partial charge in [-0.2, -0.15) is 0 Å². The van der Waals surface area contributed by atoms with Crippen molar-refractivity contribution in [3.8, 4) is 0 Å². The zero-order chi connectivity index (χ0) is 8.97. The van der Waals surface area contributed by atoms with E-state index in [4.69, 9.17) is 0 Å². The predicted molar refractivity (Wildman–Crippen MR) is 49.0 cm³/mol. The zero-order valence-corrected chi connectivity index (χ0v) is 7.94. The van der Waals surface area contributed by atoms with Crippen molar-refractivity contribution < 1.29 is 4.39 Å². The highest BCUT2D eigenvalue weighted by molar-refractivity contribution is 4.82. The molecule has 0 aromatic rings. The maximum atomic E-state index is 13.2. The van der Waals surface area contributed by atoms with Gasteiger partial charge in [-0.15, -0.1) is 0 Å². The van der Waals surface area contributed by atoms with E-state index in [0.29, 0.717) is 12.6 Å². The minimum Gasteiger partial charge on any atom is -0.317 e. The third-order valence-corrected chi connectivity index (χ3v) is 2.32. The van der Waals surface area contributed by atoms with E-state index in [0.717, 1.165) is 6.54 Å². The van der Waals surface area contributed by atoms with Crippen molar-refractivity contribution >= 4 is 0 Å². The SMILES string of the molecule is CNC[C@@H](F)[C@H](C)CNC1CC1. The molecule has 0 saturated heterocycles. The Morgan fingerprint density at radius 2 is 2.08 bits per heavy atom. The minimum atomic E-state index is -0.721. The van der Waals surface area contributed by atoms with Crippen molar-refractivity contribution in [3.05, 3.63) is 0 Å². The van der Waals surface area contributed by atoms with Gasteiger partial charge in [0.2, 0.25) is 0 Å². The number of alkyl halides is 1. The van der Waals surface area contributed by atoms with Crippen molar-refractivity contribution in [2.45, 2.75) is 32.0 Å². The summed E-state index contributed by atoms with van der Waals surface area (Å²) in [4.78, 5) is 0. The third-order valence-electron chi connectivity index (χ3n) is 2.32.